The Morgan fingerprint density at radius 2 is 2.29 bits per heavy atom. The molecule has 1 aliphatic carbocycles. The van der Waals surface area contributed by atoms with Crippen molar-refractivity contribution in [1.82, 2.24) is 5.32 Å². The molecule has 0 saturated carbocycles. The fraction of sp³-hybridized carbons (Fsp3) is 0.357. The summed E-state index contributed by atoms with van der Waals surface area (Å²) in [7, 11) is 0. The topological polar surface area (TPSA) is 49.3 Å². The predicted octanol–water partition coefficient (Wildman–Crippen LogP) is 0.960. The van der Waals surface area contributed by atoms with Crippen LogP contribution in [0, 0.1) is 11.8 Å². The zero-order chi connectivity index (χ0) is 12.3. The van der Waals surface area contributed by atoms with Gasteiger partial charge in [0.15, 0.2) is 0 Å². The van der Waals surface area contributed by atoms with Crippen molar-refractivity contribution in [2.24, 2.45) is 0 Å². The quantitative estimate of drug-likeness (QED) is 0.742. The first-order valence-electron chi connectivity index (χ1n) is 5.66. The van der Waals surface area contributed by atoms with Gasteiger partial charge in [-0.25, -0.2) is 0 Å². The molecule has 1 unspecified atom stereocenters. The normalized spacial score (nSPS) is 21.3. The number of benzene rings is 1. The highest BCUT2D eigenvalue weighted by molar-refractivity contribution is 5.94. The van der Waals surface area contributed by atoms with Crippen molar-refractivity contribution in [1.29, 1.82) is 0 Å². The minimum Gasteiger partial charge on any atom is -0.394 e. The molecular weight excluding hydrogens is 214 g/mol. The van der Waals surface area contributed by atoms with Gasteiger partial charge in [0.1, 0.15) is 0 Å². The fourth-order valence-electron chi connectivity index (χ4n) is 2.38. The molecule has 0 heterocycles. The van der Waals surface area contributed by atoms with Gasteiger partial charge in [-0.15, -0.1) is 0 Å². The molecule has 1 atom stereocenters. The third kappa shape index (κ3) is 2.04. The van der Waals surface area contributed by atoms with Gasteiger partial charge in [-0.2, -0.15) is 0 Å². The van der Waals surface area contributed by atoms with Crippen LogP contribution in [0.4, 0.5) is 0 Å². The Morgan fingerprint density at radius 3 is 3.00 bits per heavy atom. The first-order chi connectivity index (χ1) is 8.22. The monoisotopic (exact) mass is 229 g/mol. The lowest BCUT2D eigenvalue weighted by Gasteiger charge is -2.28. The van der Waals surface area contributed by atoms with Gasteiger partial charge >= 0.3 is 0 Å². The summed E-state index contributed by atoms with van der Waals surface area (Å²) < 4.78 is 0. The van der Waals surface area contributed by atoms with Crippen LogP contribution in [0.15, 0.2) is 24.3 Å². The molecule has 2 rings (SSSR count). The van der Waals surface area contributed by atoms with Crippen molar-refractivity contribution in [3.8, 4) is 11.8 Å². The number of carbonyl (C=O) groups is 1. The second-order valence-corrected chi connectivity index (χ2v) is 4.23. The molecule has 0 aromatic heterocycles. The van der Waals surface area contributed by atoms with E-state index in [1.807, 2.05) is 24.3 Å². The molecule has 1 aromatic rings. The zero-order valence-electron chi connectivity index (χ0n) is 9.79. The van der Waals surface area contributed by atoms with Gasteiger partial charge in [0.05, 0.1) is 12.1 Å². The Bertz CT molecular complexity index is 498. The van der Waals surface area contributed by atoms with Crippen molar-refractivity contribution in [3.63, 3.8) is 0 Å². The van der Waals surface area contributed by atoms with Gasteiger partial charge in [0, 0.05) is 0 Å². The molecule has 88 valence electrons. The summed E-state index contributed by atoms with van der Waals surface area (Å²) in [6, 6.07) is 7.88. The average Bonchev–Trinajstić information content (AvgIpc) is 2.70. The van der Waals surface area contributed by atoms with E-state index < -0.39 is 5.54 Å². The van der Waals surface area contributed by atoms with Crippen LogP contribution in [0.5, 0.6) is 0 Å². The SMILES string of the molecule is CC#CC(=O)NC1(CO)CCc2ccccc21. The molecule has 3 nitrogen and oxygen atoms in total. The van der Waals surface area contributed by atoms with Gasteiger partial charge < -0.3 is 10.4 Å². The summed E-state index contributed by atoms with van der Waals surface area (Å²) >= 11 is 0. The highest BCUT2D eigenvalue weighted by Gasteiger charge is 2.38. The Hall–Kier alpha value is -1.79. The molecule has 0 spiro atoms. The number of aliphatic hydroxyl groups excluding tert-OH is 1. The molecule has 0 saturated heterocycles. The first-order valence-corrected chi connectivity index (χ1v) is 5.66. The number of fused-ring (bicyclic) bond motifs is 1. The van der Waals surface area contributed by atoms with Crippen LogP contribution in [-0.4, -0.2) is 17.6 Å². The molecule has 0 radical (unpaired) electrons. The van der Waals surface area contributed by atoms with Crippen LogP contribution in [-0.2, 0) is 16.8 Å². The van der Waals surface area contributed by atoms with Crippen molar-refractivity contribution in [2.75, 3.05) is 6.61 Å². The Labute approximate surface area is 101 Å². The zero-order valence-corrected chi connectivity index (χ0v) is 9.79. The lowest BCUT2D eigenvalue weighted by atomic mass is 9.92. The van der Waals surface area contributed by atoms with Crippen LogP contribution in [0.2, 0.25) is 0 Å². The van der Waals surface area contributed by atoms with Crippen LogP contribution < -0.4 is 5.32 Å². The molecular formula is C14H15NO2. The molecule has 0 bridgehead atoms. The number of aryl methyl sites for hydroxylation is 1. The van der Waals surface area contributed by atoms with Gasteiger partial charge in [-0.1, -0.05) is 30.2 Å². The van der Waals surface area contributed by atoms with Gasteiger partial charge in [-0.3, -0.25) is 4.79 Å². The number of hydrogen-bond donors (Lipinski definition) is 2. The number of hydrogen-bond acceptors (Lipinski definition) is 2. The summed E-state index contributed by atoms with van der Waals surface area (Å²) in [6.07, 6.45) is 1.59. The van der Waals surface area contributed by atoms with Crippen molar-refractivity contribution in [3.05, 3.63) is 35.4 Å². The lowest BCUT2D eigenvalue weighted by molar-refractivity contribution is -0.118. The highest BCUT2D eigenvalue weighted by atomic mass is 16.3. The van der Waals surface area contributed by atoms with Crippen molar-refractivity contribution in [2.45, 2.75) is 25.3 Å². The van der Waals surface area contributed by atoms with Crippen molar-refractivity contribution >= 4 is 5.91 Å². The second-order valence-electron chi connectivity index (χ2n) is 4.23. The largest absolute Gasteiger partial charge is 0.394 e. The third-order valence-corrected chi connectivity index (χ3v) is 3.22. The minimum atomic E-state index is -0.655. The van der Waals surface area contributed by atoms with Crippen LogP contribution in [0.3, 0.4) is 0 Å². The van der Waals surface area contributed by atoms with E-state index in [0.717, 1.165) is 18.4 Å². The van der Waals surface area contributed by atoms with E-state index in [1.54, 1.807) is 6.92 Å². The number of rotatable bonds is 2. The van der Waals surface area contributed by atoms with Gasteiger partial charge in [0.2, 0.25) is 0 Å². The summed E-state index contributed by atoms with van der Waals surface area (Å²) in [5.41, 5.74) is 1.54. The molecule has 1 aliphatic rings. The van der Waals surface area contributed by atoms with Crippen molar-refractivity contribution < 1.29 is 9.90 Å². The second kappa shape index (κ2) is 4.60. The smallest absolute Gasteiger partial charge is 0.296 e. The lowest BCUT2D eigenvalue weighted by Crippen LogP contribution is -2.46. The molecule has 1 aromatic carbocycles. The van der Waals surface area contributed by atoms with Gasteiger partial charge in [0.25, 0.3) is 5.91 Å². The van der Waals surface area contributed by atoms with E-state index in [-0.39, 0.29) is 12.5 Å². The predicted molar refractivity (Wildman–Crippen MR) is 65.1 cm³/mol. The van der Waals surface area contributed by atoms with E-state index in [0.29, 0.717) is 0 Å². The van der Waals surface area contributed by atoms with E-state index >= 15 is 0 Å². The maximum atomic E-state index is 11.6. The van der Waals surface area contributed by atoms with Gasteiger partial charge in [-0.05, 0) is 36.8 Å². The van der Waals surface area contributed by atoms with Crippen LogP contribution in [0.1, 0.15) is 24.5 Å². The fourth-order valence-corrected chi connectivity index (χ4v) is 2.38. The molecule has 1 amide bonds. The number of carbonyl (C=O) groups excluding carboxylic acids is 1. The van der Waals surface area contributed by atoms with E-state index in [9.17, 15) is 9.90 Å². The molecule has 0 fully saturated rings. The Morgan fingerprint density at radius 1 is 1.53 bits per heavy atom. The molecule has 17 heavy (non-hydrogen) atoms. The standard InChI is InChI=1S/C14H15NO2/c1-2-5-13(17)15-14(10-16)9-8-11-6-3-4-7-12(11)14/h3-4,6-7,16H,8-10H2,1H3,(H,15,17). The number of aliphatic hydroxyl groups is 1. The number of nitrogens with one attached hydrogen (secondary N) is 1. The Kier molecular flexibility index (Phi) is 3.16. The Balaban J connectivity index is 2.33. The summed E-state index contributed by atoms with van der Waals surface area (Å²) in [4.78, 5) is 11.6. The van der Waals surface area contributed by atoms with E-state index in [2.05, 4.69) is 17.2 Å². The molecule has 0 aliphatic heterocycles. The molecule has 2 N–H and O–H groups in total. The van der Waals surface area contributed by atoms with E-state index in [1.165, 1.54) is 5.56 Å². The van der Waals surface area contributed by atoms with E-state index in [4.69, 9.17) is 0 Å². The van der Waals surface area contributed by atoms with Crippen LogP contribution >= 0.6 is 0 Å². The van der Waals surface area contributed by atoms with Crippen LogP contribution in [0.25, 0.3) is 0 Å². The summed E-state index contributed by atoms with van der Waals surface area (Å²) in [5, 5.41) is 12.5. The maximum Gasteiger partial charge on any atom is 0.296 e. The third-order valence-electron chi connectivity index (χ3n) is 3.22. The maximum absolute atomic E-state index is 11.6. The summed E-state index contributed by atoms with van der Waals surface area (Å²) in [5.74, 6) is 4.68. The summed E-state index contributed by atoms with van der Waals surface area (Å²) in [6.45, 7) is 1.52. The number of amides is 1. The average molecular weight is 229 g/mol. The first kappa shape index (κ1) is 11.7. The molecule has 3 heteroatoms. The highest BCUT2D eigenvalue weighted by Crippen LogP contribution is 2.36. The minimum absolute atomic E-state index is 0.0961.